The lowest BCUT2D eigenvalue weighted by atomic mass is 10.3. The summed E-state index contributed by atoms with van der Waals surface area (Å²) in [6, 6.07) is 3.45. The van der Waals surface area contributed by atoms with Crippen molar-refractivity contribution in [1.29, 1.82) is 0 Å². The van der Waals surface area contributed by atoms with Gasteiger partial charge in [0.15, 0.2) is 0 Å². The molecule has 0 radical (unpaired) electrons. The Morgan fingerprint density at radius 3 is 3.08 bits per heavy atom. The van der Waals surface area contributed by atoms with E-state index in [0.29, 0.717) is 10.7 Å². The Morgan fingerprint density at radius 2 is 2.46 bits per heavy atom. The molecular formula is C9H7ClN2O. The van der Waals surface area contributed by atoms with Crippen LogP contribution in [0.25, 0.3) is 0 Å². The zero-order valence-corrected chi connectivity index (χ0v) is 7.51. The molecule has 0 fully saturated rings. The van der Waals surface area contributed by atoms with Gasteiger partial charge in [0.05, 0.1) is 12.0 Å². The molecule has 0 bridgehead atoms. The third-order valence-corrected chi connectivity index (χ3v) is 1.55. The maximum absolute atomic E-state index is 10.3. The molecule has 4 heteroatoms. The lowest BCUT2D eigenvalue weighted by molar-refractivity contribution is -0.117. The van der Waals surface area contributed by atoms with Crippen LogP contribution in [0.3, 0.4) is 0 Å². The van der Waals surface area contributed by atoms with Crippen LogP contribution in [0.15, 0.2) is 18.3 Å². The monoisotopic (exact) mass is 194 g/mol. The number of primary amides is 1. The highest BCUT2D eigenvalue weighted by atomic mass is 35.5. The summed E-state index contributed by atoms with van der Waals surface area (Å²) < 4.78 is 0. The van der Waals surface area contributed by atoms with Crippen LogP contribution >= 0.6 is 11.6 Å². The highest BCUT2D eigenvalue weighted by molar-refractivity contribution is 6.30. The standard InChI is InChI=1S/C9H7ClN2O/c10-9-7(4-2-6-12-9)3-1-5-8(11)13/h2,4,6H,5H2,(H2,11,13). The van der Waals surface area contributed by atoms with Crippen LogP contribution in [0.1, 0.15) is 12.0 Å². The van der Waals surface area contributed by atoms with E-state index in [2.05, 4.69) is 16.8 Å². The SMILES string of the molecule is NC(=O)CC#Cc1cccnc1Cl. The summed E-state index contributed by atoms with van der Waals surface area (Å²) in [4.78, 5) is 14.2. The Balaban J connectivity index is 2.77. The van der Waals surface area contributed by atoms with Crippen molar-refractivity contribution in [3.05, 3.63) is 29.0 Å². The molecule has 1 aromatic rings. The number of nitrogens with zero attached hydrogens (tertiary/aromatic N) is 1. The lowest BCUT2D eigenvalue weighted by Crippen LogP contribution is -2.08. The largest absolute Gasteiger partial charge is 0.369 e. The molecule has 0 aliphatic heterocycles. The predicted octanol–water partition coefficient (Wildman–Crippen LogP) is 0.962. The average molecular weight is 195 g/mol. The first kappa shape index (κ1) is 9.56. The first-order valence-corrected chi connectivity index (χ1v) is 3.95. The maximum atomic E-state index is 10.3. The van der Waals surface area contributed by atoms with Gasteiger partial charge in [-0.1, -0.05) is 23.4 Å². The van der Waals surface area contributed by atoms with Gasteiger partial charge < -0.3 is 5.73 Å². The van der Waals surface area contributed by atoms with E-state index >= 15 is 0 Å². The van der Waals surface area contributed by atoms with E-state index in [9.17, 15) is 4.79 Å². The Bertz CT molecular complexity index is 379. The van der Waals surface area contributed by atoms with Gasteiger partial charge in [-0.2, -0.15) is 0 Å². The van der Waals surface area contributed by atoms with Gasteiger partial charge in [0.2, 0.25) is 5.91 Å². The van der Waals surface area contributed by atoms with E-state index < -0.39 is 5.91 Å². The van der Waals surface area contributed by atoms with Gasteiger partial charge in [-0.05, 0) is 12.1 Å². The molecule has 0 unspecified atom stereocenters. The first-order chi connectivity index (χ1) is 6.20. The van der Waals surface area contributed by atoms with E-state index in [-0.39, 0.29) is 6.42 Å². The van der Waals surface area contributed by atoms with Crippen LogP contribution in [0.4, 0.5) is 0 Å². The molecule has 1 aromatic heterocycles. The molecule has 1 amide bonds. The van der Waals surface area contributed by atoms with Gasteiger partial charge >= 0.3 is 0 Å². The summed E-state index contributed by atoms with van der Waals surface area (Å²) in [5, 5.41) is 0.333. The van der Waals surface area contributed by atoms with Gasteiger partial charge in [-0.3, -0.25) is 4.79 Å². The normalized spacial score (nSPS) is 8.69. The summed E-state index contributed by atoms with van der Waals surface area (Å²) in [5.41, 5.74) is 5.51. The van der Waals surface area contributed by atoms with Crippen molar-refractivity contribution in [3.8, 4) is 11.8 Å². The summed E-state index contributed by atoms with van der Waals surface area (Å²) >= 11 is 5.71. The molecule has 13 heavy (non-hydrogen) atoms. The summed E-state index contributed by atoms with van der Waals surface area (Å²) in [6.07, 6.45) is 1.60. The summed E-state index contributed by atoms with van der Waals surface area (Å²) in [6.45, 7) is 0. The molecule has 0 aromatic carbocycles. The molecule has 0 aliphatic rings. The number of hydrogen-bond donors (Lipinski definition) is 1. The number of carbonyl (C=O) groups is 1. The van der Waals surface area contributed by atoms with E-state index in [1.807, 2.05) is 0 Å². The number of halogens is 1. The third kappa shape index (κ3) is 3.14. The zero-order valence-electron chi connectivity index (χ0n) is 6.75. The number of hydrogen-bond acceptors (Lipinski definition) is 2. The van der Waals surface area contributed by atoms with Gasteiger partial charge in [-0.15, -0.1) is 0 Å². The number of carbonyl (C=O) groups excluding carboxylic acids is 1. The van der Waals surface area contributed by atoms with Crippen LogP contribution in [0, 0.1) is 11.8 Å². The smallest absolute Gasteiger partial charge is 0.229 e. The Morgan fingerprint density at radius 1 is 1.69 bits per heavy atom. The number of pyridine rings is 1. The molecule has 2 N–H and O–H groups in total. The fourth-order valence-corrected chi connectivity index (χ4v) is 0.872. The molecule has 1 heterocycles. The van der Waals surface area contributed by atoms with Crippen molar-refractivity contribution < 1.29 is 4.79 Å². The minimum Gasteiger partial charge on any atom is -0.369 e. The van der Waals surface area contributed by atoms with Crippen molar-refractivity contribution in [3.63, 3.8) is 0 Å². The maximum Gasteiger partial charge on any atom is 0.229 e. The third-order valence-electron chi connectivity index (χ3n) is 1.24. The number of amides is 1. The van der Waals surface area contributed by atoms with Crippen LogP contribution in [0.2, 0.25) is 5.15 Å². The minimum atomic E-state index is -0.451. The van der Waals surface area contributed by atoms with Crippen LogP contribution in [-0.2, 0) is 4.79 Å². The van der Waals surface area contributed by atoms with E-state index in [4.69, 9.17) is 17.3 Å². The molecule has 0 spiro atoms. The molecular weight excluding hydrogens is 188 g/mol. The Kier molecular flexibility index (Phi) is 3.30. The number of nitrogens with two attached hydrogens (primary N) is 1. The van der Waals surface area contributed by atoms with Crippen LogP contribution < -0.4 is 5.73 Å². The average Bonchev–Trinajstić information content (AvgIpc) is 2.08. The van der Waals surface area contributed by atoms with Crippen molar-refractivity contribution in [1.82, 2.24) is 4.98 Å². The fourth-order valence-electron chi connectivity index (χ4n) is 0.706. The molecule has 3 nitrogen and oxygen atoms in total. The second-order valence-electron chi connectivity index (χ2n) is 2.29. The van der Waals surface area contributed by atoms with E-state index in [1.54, 1.807) is 18.3 Å². The van der Waals surface area contributed by atoms with Crippen LogP contribution in [0.5, 0.6) is 0 Å². The highest BCUT2D eigenvalue weighted by Gasteiger charge is 1.94. The Labute approximate surface area is 80.9 Å². The second-order valence-corrected chi connectivity index (χ2v) is 2.64. The van der Waals surface area contributed by atoms with Gasteiger partial charge in [-0.25, -0.2) is 4.98 Å². The van der Waals surface area contributed by atoms with E-state index in [1.165, 1.54) is 0 Å². The first-order valence-electron chi connectivity index (χ1n) is 3.58. The van der Waals surface area contributed by atoms with Crippen molar-refractivity contribution >= 4 is 17.5 Å². The molecule has 0 atom stereocenters. The van der Waals surface area contributed by atoms with Gasteiger partial charge in [0, 0.05) is 6.20 Å². The van der Waals surface area contributed by atoms with Crippen molar-refractivity contribution in [2.45, 2.75) is 6.42 Å². The number of rotatable bonds is 1. The summed E-state index contributed by atoms with van der Waals surface area (Å²) in [7, 11) is 0. The quantitative estimate of drug-likeness (QED) is 0.535. The van der Waals surface area contributed by atoms with Crippen LogP contribution in [-0.4, -0.2) is 10.9 Å². The number of aromatic nitrogens is 1. The Hall–Kier alpha value is -1.53. The molecule has 0 saturated heterocycles. The fraction of sp³-hybridized carbons (Fsp3) is 0.111. The van der Waals surface area contributed by atoms with Crippen molar-refractivity contribution in [2.75, 3.05) is 0 Å². The molecule has 0 saturated carbocycles. The predicted molar refractivity (Wildman–Crippen MR) is 49.9 cm³/mol. The summed E-state index contributed by atoms with van der Waals surface area (Å²) in [5.74, 6) is 4.84. The zero-order chi connectivity index (χ0) is 9.68. The highest BCUT2D eigenvalue weighted by Crippen LogP contribution is 2.09. The van der Waals surface area contributed by atoms with Gasteiger partial charge in [0.1, 0.15) is 5.15 Å². The molecule has 66 valence electrons. The molecule has 1 rings (SSSR count). The lowest BCUT2D eigenvalue weighted by Gasteiger charge is -1.91. The van der Waals surface area contributed by atoms with Crippen molar-refractivity contribution in [2.24, 2.45) is 5.73 Å². The second kappa shape index (κ2) is 4.48. The molecule has 0 aliphatic carbocycles. The van der Waals surface area contributed by atoms with E-state index in [0.717, 1.165) is 0 Å². The topological polar surface area (TPSA) is 56.0 Å². The van der Waals surface area contributed by atoms with Gasteiger partial charge in [0.25, 0.3) is 0 Å². The minimum absolute atomic E-state index is 0.0330.